The lowest BCUT2D eigenvalue weighted by atomic mass is 9.82. The number of aliphatic hydroxyl groups is 1. The summed E-state index contributed by atoms with van der Waals surface area (Å²) >= 11 is 0. The van der Waals surface area contributed by atoms with Crippen LogP contribution in [-0.2, 0) is 4.79 Å². The van der Waals surface area contributed by atoms with Gasteiger partial charge in [-0.25, -0.2) is 0 Å². The van der Waals surface area contributed by atoms with E-state index in [0.717, 1.165) is 25.7 Å². The molecule has 0 aromatic rings. The predicted molar refractivity (Wildman–Crippen MR) is 63.0 cm³/mol. The number of hydrogen-bond acceptors (Lipinski definition) is 2. The molecule has 0 atom stereocenters. The van der Waals surface area contributed by atoms with Gasteiger partial charge in [0.05, 0.1) is 5.60 Å². The monoisotopic (exact) mass is 225 g/mol. The maximum atomic E-state index is 11.9. The summed E-state index contributed by atoms with van der Waals surface area (Å²) < 4.78 is 0. The number of rotatable bonds is 4. The van der Waals surface area contributed by atoms with Crippen molar-refractivity contribution in [1.82, 2.24) is 4.90 Å². The summed E-state index contributed by atoms with van der Waals surface area (Å²) in [5.41, 5.74) is -0.593. The summed E-state index contributed by atoms with van der Waals surface area (Å²) in [6, 6.07) is 0. The van der Waals surface area contributed by atoms with Crippen molar-refractivity contribution in [3.8, 4) is 0 Å². The van der Waals surface area contributed by atoms with E-state index in [-0.39, 0.29) is 5.91 Å². The van der Waals surface area contributed by atoms with E-state index in [0.29, 0.717) is 18.9 Å². The van der Waals surface area contributed by atoms with Crippen LogP contribution >= 0.6 is 0 Å². The molecule has 2 aliphatic carbocycles. The second-order valence-corrected chi connectivity index (χ2v) is 5.68. The first-order chi connectivity index (χ1) is 7.59. The Morgan fingerprint density at radius 1 is 1.31 bits per heavy atom. The van der Waals surface area contributed by atoms with E-state index >= 15 is 0 Å². The lowest BCUT2D eigenvalue weighted by Gasteiger charge is -2.31. The first kappa shape index (κ1) is 11.9. The topological polar surface area (TPSA) is 40.5 Å². The van der Waals surface area contributed by atoms with Crippen LogP contribution < -0.4 is 0 Å². The van der Waals surface area contributed by atoms with Crippen LogP contribution in [0, 0.1) is 5.92 Å². The average Bonchev–Trinajstić information content (AvgIpc) is 2.58. The van der Waals surface area contributed by atoms with Crippen LogP contribution in [0.2, 0.25) is 0 Å². The second kappa shape index (κ2) is 4.74. The summed E-state index contributed by atoms with van der Waals surface area (Å²) in [4.78, 5) is 13.6. The molecule has 2 fully saturated rings. The molecule has 0 aromatic carbocycles. The lowest BCUT2D eigenvalue weighted by Crippen LogP contribution is -2.42. The molecular weight excluding hydrogens is 202 g/mol. The van der Waals surface area contributed by atoms with Gasteiger partial charge in [-0.1, -0.05) is 19.3 Å². The highest BCUT2D eigenvalue weighted by Gasteiger charge is 2.34. The molecule has 0 unspecified atom stereocenters. The minimum absolute atomic E-state index is 0.213. The van der Waals surface area contributed by atoms with Crippen LogP contribution in [0.4, 0.5) is 0 Å². The molecule has 1 amide bonds. The number of amides is 1. The molecule has 0 bridgehead atoms. The minimum atomic E-state index is -0.593. The zero-order chi connectivity index (χ0) is 11.6. The smallest absolute Gasteiger partial charge is 0.222 e. The van der Waals surface area contributed by atoms with Crippen molar-refractivity contribution >= 4 is 5.91 Å². The SMILES string of the molecule is CN(CC1(O)CCCC1)C(=O)CC1CCC1. The molecule has 2 aliphatic rings. The fourth-order valence-electron chi connectivity index (χ4n) is 2.82. The number of carbonyl (C=O) groups excluding carboxylic acids is 1. The van der Waals surface area contributed by atoms with Gasteiger partial charge in [0.2, 0.25) is 5.91 Å². The fourth-order valence-corrected chi connectivity index (χ4v) is 2.82. The van der Waals surface area contributed by atoms with E-state index in [1.165, 1.54) is 19.3 Å². The van der Waals surface area contributed by atoms with Gasteiger partial charge in [-0.2, -0.15) is 0 Å². The van der Waals surface area contributed by atoms with Crippen molar-refractivity contribution in [2.75, 3.05) is 13.6 Å². The van der Waals surface area contributed by atoms with Crippen molar-refractivity contribution in [1.29, 1.82) is 0 Å². The number of likely N-dealkylation sites (N-methyl/N-ethyl adjacent to an activating group) is 1. The Labute approximate surface area is 97.8 Å². The van der Waals surface area contributed by atoms with Crippen LogP contribution in [0.15, 0.2) is 0 Å². The van der Waals surface area contributed by atoms with Crippen LogP contribution in [0.5, 0.6) is 0 Å². The van der Waals surface area contributed by atoms with Gasteiger partial charge in [0.1, 0.15) is 0 Å². The van der Waals surface area contributed by atoms with Crippen molar-refractivity contribution < 1.29 is 9.90 Å². The Balaban J connectivity index is 1.77. The maximum absolute atomic E-state index is 11.9. The summed E-state index contributed by atoms with van der Waals surface area (Å²) in [6.45, 7) is 0.526. The van der Waals surface area contributed by atoms with Gasteiger partial charge in [0.15, 0.2) is 0 Å². The van der Waals surface area contributed by atoms with Crippen LogP contribution in [0.25, 0.3) is 0 Å². The van der Waals surface area contributed by atoms with Gasteiger partial charge in [0, 0.05) is 20.0 Å². The molecule has 2 saturated carbocycles. The third kappa shape index (κ3) is 2.76. The largest absolute Gasteiger partial charge is 0.388 e. The van der Waals surface area contributed by atoms with Crippen LogP contribution in [0.3, 0.4) is 0 Å². The highest BCUT2D eigenvalue weighted by atomic mass is 16.3. The molecule has 3 heteroatoms. The molecule has 0 spiro atoms. The quantitative estimate of drug-likeness (QED) is 0.794. The Morgan fingerprint density at radius 3 is 2.44 bits per heavy atom. The van der Waals surface area contributed by atoms with E-state index < -0.39 is 5.60 Å². The Kier molecular flexibility index (Phi) is 3.53. The van der Waals surface area contributed by atoms with E-state index in [4.69, 9.17) is 0 Å². The molecule has 16 heavy (non-hydrogen) atoms. The van der Waals surface area contributed by atoms with Gasteiger partial charge >= 0.3 is 0 Å². The van der Waals surface area contributed by atoms with Crippen LogP contribution in [-0.4, -0.2) is 35.1 Å². The maximum Gasteiger partial charge on any atom is 0.222 e. The molecule has 0 radical (unpaired) electrons. The van der Waals surface area contributed by atoms with E-state index in [9.17, 15) is 9.90 Å². The zero-order valence-corrected chi connectivity index (χ0v) is 10.2. The molecule has 0 saturated heterocycles. The minimum Gasteiger partial charge on any atom is -0.388 e. The number of hydrogen-bond donors (Lipinski definition) is 1. The van der Waals surface area contributed by atoms with Gasteiger partial charge in [-0.15, -0.1) is 0 Å². The molecule has 0 heterocycles. The van der Waals surface area contributed by atoms with E-state index in [1.54, 1.807) is 4.90 Å². The fraction of sp³-hybridized carbons (Fsp3) is 0.923. The molecule has 0 aliphatic heterocycles. The molecule has 3 nitrogen and oxygen atoms in total. The lowest BCUT2D eigenvalue weighted by molar-refractivity contribution is -0.134. The van der Waals surface area contributed by atoms with E-state index in [1.807, 2.05) is 7.05 Å². The first-order valence-electron chi connectivity index (χ1n) is 6.55. The highest BCUT2D eigenvalue weighted by Crippen LogP contribution is 2.32. The molecule has 1 N–H and O–H groups in total. The third-order valence-electron chi connectivity index (χ3n) is 4.18. The first-order valence-corrected chi connectivity index (χ1v) is 6.55. The van der Waals surface area contributed by atoms with Gasteiger partial charge < -0.3 is 10.0 Å². The highest BCUT2D eigenvalue weighted by molar-refractivity contribution is 5.76. The Hall–Kier alpha value is -0.570. The van der Waals surface area contributed by atoms with Gasteiger partial charge in [-0.3, -0.25) is 4.79 Å². The van der Waals surface area contributed by atoms with Crippen molar-refractivity contribution in [2.45, 2.75) is 57.0 Å². The standard InChI is InChI=1S/C13H23NO2/c1-14(10-13(16)7-2-3-8-13)12(15)9-11-5-4-6-11/h11,16H,2-10H2,1H3. The number of nitrogens with zero attached hydrogens (tertiary/aromatic N) is 1. The van der Waals surface area contributed by atoms with Crippen molar-refractivity contribution in [3.63, 3.8) is 0 Å². The van der Waals surface area contributed by atoms with Crippen molar-refractivity contribution in [3.05, 3.63) is 0 Å². The third-order valence-corrected chi connectivity index (χ3v) is 4.18. The Morgan fingerprint density at radius 2 is 1.94 bits per heavy atom. The number of carbonyl (C=O) groups is 1. The summed E-state index contributed by atoms with van der Waals surface area (Å²) in [7, 11) is 1.83. The van der Waals surface area contributed by atoms with Crippen LogP contribution in [0.1, 0.15) is 51.4 Å². The molecule has 2 rings (SSSR count). The average molecular weight is 225 g/mol. The van der Waals surface area contributed by atoms with Gasteiger partial charge in [0.25, 0.3) is 0 Å². The van der Waals surface area contributed by atoms with Crippen molar-refractivity contribution in [2.24, 2.45) is 5.92 Å². The van der Waals surface area contributed by atoms with E-state index in [2.05, 4.69) is 0 Å². The Bertz CT molecular complexity index is 255. The summed E-state index contributed by atoms with van der Waals surface area (Å²) in [5.74, 6) is 0.832. The molecule has 92 valence electrons. The molecule has 0 aromatic heterocycles. The summed E-state index contributed by atoms with van der Waals surface area (Å²) in [6.07, 6.45) is 8.30. The van der Waals surface area contributed by atoms with Gasteiger partial charge in [-0.05, 0) is 31.6 Å². The normalized spacial score (nSPS) is 24.1. The second-order valence-electron chi connectivity index (χ2n) is 5.68. The predicted octanol–water partition coefficient (Wildman–Crippen LogP) is 1.94. The summed E-state index contributed by atoms with van der Waals surface area (Å²) in [5, 5.41) is 10.2. The zero-order valence-electron chi connectivity index (χ0n) is 10.2. The molecular formula is C13H23NO2.